The number of nitrogens with one attached hydrogen (secondary N) is 1. The predicted octanol–water partition coefficient (Wildman–Crippen LogP) is 0.956. The van der Waals surface area contributed by atoms with E-state index in [1.165, 1.54) is 11.5 Å². The summed E-state index contributed by atoms with van der Waals surface area (Å²) in [7, 11) is 1.86. The van der Waals surface area contributed by atoms with Crippen LogP contribution in [0.4, 0.5) is 0 Å². The lowest BCUT2D eigenvalue weighted by atomic mass is 10.2. The number of rotatable bonds is 3. The molecule has 1 aliphatic rings. The van der Waals surface area contributed by atoms with Gasteiger partial charge in [-0.3, -0.25) is 4.79 Å². The van der Waals surface area contributed by atoms with Gasteiger partial charge in [0.05, 0.1) is 5.69 Å². The molecule has 2 rings (SSSR count). The van der Waals surface area contributed by atoms with Crippen molar-refractivity contribution in [3.05, 3.63) is 10.6 Å². The molecule has 1 aliphatic heterocycles. The van der Waals surface area contributed by atoms with Crippen molar-refractivity contribution in [2.24, 2.45) is 0 Å². The quantitative estimate of drug-likeness (QED) is 0.893. The van der Waals surface area contributed by atoms with Crippen LogP contribution in [0.2, 0.25) is 0 Å². The van der Waals surface area contributed by atoms with Crippen molar-refractivity contribution in [1.82, 2.24) is 19.8 Å². The Kier molecular flexibility index (Phi) is 5.30. The molecule has 0 aliphatic carbocycles. The van der Waals surface area contributed by atoms with Crippen molar-refractivity contribution in [3.63, 3.8) is 0 Å². The summed E-state index contributed by atoms with van der Waals surface area (Å²) in [6.45, 7) is 3.87. The lowest BCUT2D eigenvalue weighted by molar-refractivity contribution is 0.0747. The van der Waals surface area contributed by atoms with Gasteiger partial charge in [0.1, 0.15) is 4.88 Å². The van der Waals surface area contributed by atoms with E-state index >= 15 is 0 Å². The molecular formula is C10H17ClN4OS. The molecule has 0 aromatic carbocycles. The van der Waals surface area contributed by atoms with Crippen LogP contribution in [0.15, 0.2) is 0 Å². The van der Waals surface area contributed by atoms with Crippen molar-refractivity contribution in [3.8, 4) is 0 Å². The maximum absolute atomic E-state index is 12.2. The zero-order valence-electron chi connectivity index (χ0n) is 9.97. The lowest BCUT2D eigenvalue weighted by Crippen LogP contribution is -2.38. The minimum Gasteiger partial charge on any atom is -0.337 e. The molecule has 0 radical (unpaired) electrons. The Morgan fingerprint density at radius 1 is 1.65 bits per heavy atom. The molecule has 1 aromatic rings. The molecule has 5 nitrogen and oxygen atoms in total. The molecule has 1 amide bonds. The third-order valence-corrected chi connectivity index (χ3v) is 3.74. The van der Waals surface area contributed by atoms with Crippen molar-refractivity contribution in [2.45, 2.75) is 25.8 Å². The lowest BCUT2D eigenvalue weighted by Gasteiger charge is -2.23. The summed E-state index contributed by atoms with van der Waals surface area (Å²) in [4.78, 5) is 14.7. The van der Waals surface area contributed by atoms with Gasteiger partial charge in [-0.15, -0.1) is 17.5 Å². The third-order valence-electron chi connectivity index (χ3n) is 2.99. The minimum atomic E-state index is 0. The molecule has 7 heteroatoms. The monoisotopic (exact) mass is 276 g/mol. The second-order valence-electron chi connectivity index (χ2n) is 3.96. The molecular weight excluding hydrogens is 260 g/mol. The molecule has 0 saturated carbocycles. The first kappa shape index (κ1) is 14.3. The van der Waals surface area contributed by atoms with Gasteiger partial charge in [-0.2, -0.15) is 0 Å². The van der Waals surface area contributed by atoms with Gasteiger partial charge in [-0.05, 0) is 30.9 Å². The largest absolute Gasteiger partial charge is 0.337 e. The van der Waals surface area contributed by atoms with Gasteiger partial charge in [-0.1, -0.05) is 11.4 Å². The zero-order chi connectivity index (χ0) is 11.5. The van der Waals surface area contributed by atoms with Gasteiger partial charge < -0.3 is 10.2 Å². The first-order valence-electron chi connectivity index (χ1n) is 5.53. The van der Waals surface area contributed by atoms with Crippen LogP contribution in [0.3, 0.4) is 0 Å². The normalized spacial score (nSPS) is 18.8. The number of carbonyl (C=O) groups is 1. The Labute approximate surface area is 111 Å². The molecule has 1 atom stereocenters. The summed E-state index contributed by atoms with van der Waals surface area (Å²) >= 11 is 1.20. The first-order valence-corrected chi connectivity index (χ1v) is 6.30. The van der Waals surface area contributed by atoms with Gasteiger partial charge in [0, 0.05) is 19.6 Å². The van der Waals surface area contributed by atoms with E-state index in [0.717, 1.165) is 31.6 Å². The second kappa shape index (κ2) is 6.28. The highest BCUT2D eigenvalue weighted by molar-refractivity contribution is 7.08. The van der Waals surface area contributed by atoms with E-state index in [4.69, 9.17) is 0 Å². The maximum Gasteiger partial charge on any atom is 0.267 e. The Hall–Kier alpha value is -0.720. The summed E-state index contributed by atoms with van der Waals surface area (Å²) in [5.74, 6) is 0.0561. The number of amides is 1. The fourth-order valence-electron chi connectivity index (χ4n) is 1.90. The number of aromatic nitrogens is 2. The predicted molar refractivity (Wildman–Crippen MR) is 69.9 cm³/mol. The van der Waals surface area contributed by atoms with Crippen molar-refractivity contribution >= 4 is 29.8 Å². The summed E-state index contributed by atoms with van der Waals surface area (Å²) in [5.41, 5.74) is 0.813. The third kappa shape index (κ3) is 2.94. The van der Waals surface area contributed by atoms with Gasteiger partial charge in [-0.25, -0.2) is 0 Å². The number of hydrogen-bond donors (Lipinski definition) is 1. The summed E-state index contributed by atoms with van der Waals surface area (Å²) < 4.78 is 3.85. The van der Waals surface area contributed by atoms with Crippen LogP contribution in [0.1, 0.15) is 28.7 Å². The van der Waals surface area contributed by atoms with E-state index in [1.807, 2.05) is 18.9 Å². The highest BCUT2D eigenvalue weighted by atomic mass is 35.5. The van der Waals surface area contributed by atoms with Crippen molar-refractivity contribution < 1.29 is 4.79 Å². The fraction of sp³-hybridized carbons (Fsp3) is 0.700. The van der Waals surface area contributed by atoms with Crippen LogP contribution in [-0.2, 0) is 6.42 Å². The maximum atomic E-state index is 12.2. The van der Waals surface area contributed by atoms with E-state index in [0.29, 0.717) is 10.9 Å². The molecule has 1 saturated heterocycles. The number of aryl methyl sites for hydroxylation is 1. The highest BCUT2D eigenvalue weighted by Gasteiger charge is 2.26. The van der Waals surface area contributed by atoms with Crippen LogP contribution in [0.25, 0.3) is 0 Å². The zero-order valence-corrected chi connectivity index (χ0v) is 11.6. The molecule has 96 valence electrons. The molecule has 0 spiro atoms. The SMILES string of the molecule is CCc1nnsc1C(=O)N(C)C1CCNC1.Cl. The molecule has 1 N–H and O–H groups in total. The molecule has 1 aromatic heterocycles. The van der Waals surface area contributed by atoms with Crippen LogP contribution >= 0.6 is 23.9 Å². The standard InChI is InChI=1S/C10H16N4OS.ClH/c1-3-8-9(16-13-12-8)10(15)14(2)7-4-5-11-6-7;/h7,11H,3-6H2,1-2H3;1H. The van der Waals surface area contributed by atoms with Crippen molar-refractivity contribution in [1.29, 1.82) is 0 Å². The van der Waals surface area contributed by atoms with E-state index in [2.05, 4.69) is 14.9 Å². The van der Waals surface area contributed by atoms with Crippen LogP contribution in [-0.4, -0.2) is 46.6 Å². The van der Waals surface area contributed by atoms with Crippen LogP contribution in [0, 0.1) is 0 Å². The van der Waals surface area contributed by atoms with E-state index < -0.39 is 0 Å². The fourth-order valence-corrected chi connectivity index (χ4v) is 2.63. The number of nitrogens with zero attached hydrogens (tertiary/aromatic N) is 3. The molecule has 1 unspecified atom stereocenters. The second-order valence-corrected chi connectivity index (χ2v) is 4.72. The average Bonchev–Trinajstić information content (AvgIpc) is 2.97. The summed E-state index contributed by atoms with van der Waals surface area (Å²) in [5, 5.41) is 7.23. The van der Waals surface area contributed by atoms with Gasteiger partial charge in [0.25, 0.3) is 5.91 Å². The molecule has 2 heterocycles. The highest BCUT2D eigenvalue weighted by Crippen LogP contribution is 2.16. The Morgan fingerprint density at radius 3 is 3.00 bits per heavy atom. The van der Waals surface area contributed by atoms with Gasteiger partial charge in [0.15, 0.2) is 0 Å². The Morgan fingerprint density at radius 2 is 2.41 bits per heavy atom. The van der Waals surface area contributed by atoms with Crippen LogP contribution < -0.4 is 5.32 Å². The molecule has 1 fully saturated rings. The van der Waals surface area contributed by atoms with Gasteiger partial charge >= 0.3 is 0 Å². The van der Waals surface area contributed by atoms with E-state index in [9.17, 15) is 4.79 Å². The van der Waals surface area contributed by atoms with E-state index in [-0.39, 0.29) is 18.3 Å². The van der Waals surface area contributed by atoms with Crippen LogP contribution in [0.5, 0.6) is 0 Å². The van der Waals surface area contributed by atoms with E-state index in [1.54, 1.807) is 0 Å². The topological polar surface area (TPSA) is 58.1 Å². The number of likely N-dealkylation sites (N-methyl/N-ethyl adjacent to an activating group) is 1. The van der Waals surface area contributed by atoms with Crippen molar-refractivity contribution in [2.75, 3.05) is 20.1 Å². The number of hydrogen-bond acceptors (Lipinski definition) is 5. The first-order chi connectivity index (χ1) is 7.74. The molecule has 17 heavy (non-hydrogen) atoms. The number of halogens is 1. The van der Waals surface area contributed by atoms with Gasteiger partial charge in [0.2, 0.25) is 0 Å². The Bertz CT molecular complexity index is 378. The number of carbonyl (C=O) groups excluding carboxylic acids is 1. The average molecular weight is 277 g/mol. The summed E-state index contributed by atoms with van der Waals surface area (Å²) in [6.07, 6.45) is 1.78. The minimum absolute atomic E-state index is 0. The smallest absolute Gasteiger partial charge is 0.267 e. The molecule has 0 bridgehead atoms. The Balaban J connectivity index is 0.00000144. The summed E-state index contributed by atoms with van der Waals surface area (Å²) in [6, 6.07) is 0.305.